The van der Waals surface area contributed by atoms with Crippen LogP contribution in [0.4, 0.5) is 0 Å². The van der Waals surface area contributed by atoms with Crippen LogP contribution < -0.4 is 5.32 Å². The quantitative estimate of drug-likeness (QED) is 0.447. The molecule has 8 heteroatoms. The van der Waals surface area contributed by atoms with Gasteiger partial charge in [-0.1, -0.05) is 17.8 Å². The highest BCUT2D eigenvalue weighted by atomic mass is 32.2. The van der Waals surface area contributed by atoms with Gasteiger partial charge in [0.05, 0.1) is 4.24 Å². The Morgan fingerprint density at radius 3 is 2.80 bits per heavy atom. The number of thioether (sulfide) groups is 2. The van der Waals surface area contributed by atoms with E-state index in [1.807, 2.05) is 0 Å². The van der Waals surface area contributed by atoms with Crippen molar-refractivity contribution in [3.8, 4) is 0 Å². The summed E-state index contributed by atoms with van der Waals surface area (Å²) in [7, 11) is 0. The second kappa shape index (κ2) is 5.92. The van der Waals surface area contributed by atoms with E-state index in [0.29, 0.717) is 22.1 Å². The molecule has 0 aliphatic carbocycles. The zero-order valence-corrected chi connectivity index (χ0v) is 12.6. The van der Waals surface area contributed by atoms with E-state index in [1.54, 1.807) is 13.0 Å². The van der Waals surface area contributed by atoms with Gasteiger partial charge in [-0.2, -0.15) is 0 Å². The topological polar surface area (TPSA) is 86.7 Å². The van der Waals surface area contributed by atoms with Crippen LogP contribution >= 0.6 is 23.5 Å². The van der Waals surface area contributed by atoms with Crippen molar-refractivity contribution in [1.82, 2.24) is 10.2 Å². The molecule has 2 rings (SSSR count). The van der Waals surface area contributed by atoms with Crippen molar-refractivity contribution >= 4 is 41.3 Å². The first-order valence-corrected chi connectivity index (χ1v) is 7.85. The maximum Gasteiger partial charge on any atom is 0.354 e. The summed E-state index contributed by atoms with van der Waals surface area (Å²) in [5.74, 6) is -0.878. The molecule has 1 fully saturated rings. The average Bonchev–Trinajstić information content (AvgIpc) is 2.70. The van der Waals surface area contributed by atoms with Crippen LogP contribution in [0.2, 0.25) is 0 Å². The first-order valence-electron chi connectivity index (χ1n) is 5.98. The van der Waals surface area contributed by atoms with Gasteiger partial charge in [0, 0.05) is 24.8 Å². The first kappa shape index (κ1) is 15.0. The summed E-state index contributed by atoms with van der Waals surface area (Å²) in [5.41, 5.74) is 0.703. The normalized spacial score (nSPS) is 22.9. The standard InChI is InChI=1S/C12H14N2O4S2/c1-3-7-9(16)14-8(11(17)18)12(20-10(7)14)19-5-4-13-6(2)15/h3,10H,4-5H2,1-2H3,(H,13,15)(H,17,18)/t10-/m0/s1. The van der Waals surface area contributed by atoms with Crippen LogP contribution in [0.5, 0.6) is 0 Å². The lowest BCUT2D eigenvalue weighted by molar-refractivity contribution is -0.141. The Kier molecular flexibility index (Phi) is 4.44. The molecule has 2 amide bonds. The third-order valence-electron chi connectivity index (χ3n) is 2.84. The largest absolute Gasteiger partial charge is 0.477 e. The Morgan fingerprint density at radius 1 is 1.55 bits per heavy atom. The van der Waals surface area contributed by atoms with Gasteiger partial charge >= 0.3 is 5.97 Å². The number of amides is 2. The molecule has 2 aliphatic rings. The van der Waals surface area contributed by atoms with Gasteiger partial charge in [-0.3, -0.25) is 14.5 Å². The van der Waals surface area contributed by atoms with E-state index >= 15 is 0 Å². The van der Waals surface area contributed by atoms with Gasteiger partial charge in [0.15, 0.2) is 5.70 Å². The number of rotatable bonds is 5. The van der Waals surface area contributed by atoms with Crippen molar-refractivity contribution < 1.29 is 19.5 Å². The number of carboxylic acid groups (broad SMARTS) is 1. The molecular formula is C12H14N2O4S2. The van der Waals surface area contributed by atoms with Crippen LogP contribution in [-0.4, -0.2) is 45.5 Å². The van der Waals surface area contributed by atoms with E-state index in [1.165, 1.54) is 35.3 Å². The van der Waals surface area contributed by atoms with Crippen LogP contribution in [0.25, 0.3) is 0 Å². The summed E-state index contributed by atoms with van der Waals surface area (Å²) in [5, 5.41) is 11.7. The van der Waals surface area contributed by atoms with Gasteiger partial charge in [0.25, 0.3) is 5.91 Å². The molecule has 108 valence electrons. The fourth-order valence-electron chi connectivity index (χ4n) is 1.94. The summed E-state index contributed by atoms with van der Waals surface area (Å²) >= 11 is 2.73. The van der Waals surface area contributed by atoms with Crippen LogP contribution in [0.15, 0.2) is 21.6 Å². The third-order valence-corrected chi connectivity index (χ3v) is 5.44. The first-order chi connectivity index (χ1) is 9.47. The minimum atomic E-state index is -1.09. The van der Waals surface area contributed by atoms with Crippen molar-refractivity contribution in [3.05, 3.63) is 21.6 Å². The Labute approximate surface area is 124 Å². The molecule has 0 aromatic carbocycles. The van der Waals surface area contributed by atoms with Crippen LogP contribution in [0.3, 0.4) is 0 Å². The lowest BCUT2D eigenvalue weighted by Gasteiger charge is -2.36. The molecule has 20 heavy (non-hydrogen) atoms. The molecule has 6 nitrogen and oxygen atoms in total. The second-order valence-corrected chi connectivity index (χ2v) is 6.62. The number of β-lactam (4-membered cyclic amide) rings is 1. The highest BCUT2D eigenvalue weighted by molar-refractivity contribution is 8.22. The fourth-order valence-corrected chi connectivity index (χ4v) is 4.62. The maximum atomic E-state index is 11.8. The van der Waals surface area contributed by atoms with Crippen molar-refractivity contribution in [1.29, 1.82) is 0 Å². The SMILES string of the molecule is CC=C1C(=O)N2C(C(=O)O)=C(SCCNC(C)=O)S[C@@H]12. The summed E-state index contributed by atoms with van der Waals surface area (Å²) in [6.45, 7) is 3.67. The van der Waals surface area contributed by atoms with Crippen LogP contribution in [0, 0.1) is 0 Å². The van der Waals surface area contributed by atoms with E-state index in [0.717, 1.165) is 0 Å². The van der Waals surface area contributed by atoms with Crippen molar-refractivity contribution in [3.63, 3.8) is 0 Å². The lowest BCUT2D eigenvalue weighted by atomic mass is 10.1. The summed E-state index contributed by atoms with van der Waals surface area (Å²) in [6, 6.07) is 0. The Morgan fingerprint density at radius 2 is 2.25 bits per heavy atom. The lowest BCUT2D eigenvalue weighted by Crippen LogP contribution is -2.51. The average molecular weight is 314 g/mol. The fraction of sp³-hybridized carbons (Fsp3) is 0.417. The molecule has 1 atom stereocenters. The predicted molar refractivity (Wildman–Crippen MR) is 77.8 cm³/mol. The van der Waals surface area contributed by atoms with Gasteiger partial charge in [0.1, 0.15) is 5.37 Å². The highest BCUT2D eigenvalue weighted by Crippen LogP contribution is 2.52. The molecule has 2 N–H and O–H groups in total. The number of aliphatic carboxylic acids is 1. The number of nitrogens with zero attached hydrogens (tertiary/aromatic N) is 1. The number of carbonyl (C=O) groups is 3. The van der Waals surface area contributed by atoms with Gasteiger partial charge in [-0.25, -0.2) is 4.79 Å². The van der Waals surface area contributed by atoms with Gasteiger partial charge in [0.2, 0.25) is 5.91 Å². The Bertz CT molecular complexity index is 542. The van der Waals surface area contributed by atoms with E-state index in [-0.39, 0.29) is 22.9 Å². The van der Waals surface area contributed by atoms with E-state index in [4.69, 9.17) is 0 Å². The summed E-state index contributed by atoms with van der Waals surface area (Å²) < 4.78 is 0.623. The predicted octanol–water partition coefficient (Wildman–Crippen LogP) is 0.971. The number of hydrogen-bond donors (Lipinski definition) is 2. The molecule has 2 heterocycles. The second-order valence-electron chi connectivity index (χ2n) is 4.16. The summed E-state index contributed by atoms with van der Waals surface area (Å²) in [6.07, 6.45) is 1.72. The molecule has 0 spiro atoms. The van der Waals surface area contributed by atoms with E-state index < -0.39 is 5.97 Å². The smallest absolute Gasteiger partial charge is 0.354 e. The number of fused-ring (bicyclic) bond motifs is 1. The third kappa shape index (κ3) is 2.57. The van der Waals surface area contributed by atoms with Gasteiger partial charge in [-0.15, -0.1) is 11.8 Å². The molecule has 0 bridgehead atoms. The zero-order chi connectivity index (χ0) is 14.9. The highest BCUT2D eigenvalue weighted by Gasteiger charge is 2.52. The number of allylic oxidation sites excluding steroid dienone is 1. The number of hydrogen-bond acceptors (Lipinski definition) is 5. The van der Waals surface area contributed by atoms with Crippen LogP contribution in [0.1, 0.15) is 13.8 Å². The Hall–Kier alpha value is -1.41. The molecule has 0 radical (unpaired) electrons. The molecule has 0 aromatic rings. The van der Waals surface area contributed by atoms with Crippen molar-refractivity contribution in [2.24, 2.45) is 0 Å². The Balaban J connectivity index is 2.06. The van der Waals surface area contributed by atoms with Crippen LogP contribution in [-0.2, 0) is 14.4 Å². The minimum absolute atomic E-state index is 0.0587. The maximum absolute atomic E-state index is 11.8. The molecule has 0 aromatic heterocycles. The van der Waals surface area contributed by atoms with Gasteiger partial charge in [-0.05, 0) is 6.92 Å². The van der Waals surface area contributed by atoms with E-state index in [9.17, 15) is 19.5 Å². The number of nitrogens with one attached hydrogen (secondary N) is 1. The number of carboxylic acids is 1. The monoisotopic (exact) mass is 314 g/mol. The molecule has 0 unspecified atom stereocenters. The van der Waals surface area contributed by atoms with Crippen molar-refractivity contribution in [2.45, 2.75) is 19.2 Å². The summed E-state index contributed by atoms with van der Waals surface area (Å²) in [4.78, 5) is 35.2. The molecule has 1 saturated heterocycles. The minimum Gasteiger partial charge on any atom is -0.477 e. The molecule has 0 saturated carbocycles. The number of carbonyl (C=O) groups excluding carboxylic acids is 2. The van der Waals surface area contributed by atoms with Crippen molar-refractivity contribution in [2.75, 3.05) is 12.3 Å². The molecular weight excluding hydrogens is 300 g/mol. The zero-order valence-electron chi connectivity index (χ0n) is 11.0. The van der Waals surface area contributed by atoms with Gasteiger partial charge < -0.3 is 10.4 Å². The molecule has 2 aliphatic heterocycles. The van der Waals surface area contributed by atoms with E-state index in [2.05, 4.69) is 5.32 Å².